The number of nitrogens with one attached hydrogen (secondary N) is 1. The number of benzene rings is 1. The molecule has 0 spiro atoms. The average molecular weight is 285 g/mol. The van der Waals surface area contributed by atoms with Gasteiger partial charge in [-0.05, 0) is 39.3 Å². The van der Waals surface area contributed by atoms with Crippen molar-refractivity contribution in [2.24, 2.45) is 0 Å². The molecule has 4 nitrogen and oxygen atoms in total. The minimum Gasteiger partial charge on any atom is -0.493 e. The third kappa shape index (κ3) is 3.51. The van der Waals surface area contributed by atoms with E-state index < -0.39 is 0 Å². The Morgan fingerprint density at radius 1 is 1.10 bits per heavy atom. The van der Waals surface area contributed by atoms with Crippen molar-refractivity contribution in [2.75, 3.05) is 18.5 Å². The number of aromatic nitrogens is 2. The standard InChI is InChI=1S/C17H23N3O/c1-5-11-18-16-12(3)13(4)19-17(20-16)14-9-7-8-10-15(14)21-6-2/h7-10H,5-6,11H2,1-4H3,(H,18,19,20). The van der Waals surface area contributed by atoms with Gasteiger partial charge in [0.1, 0.15) is 11.6 Å². The first-order chi connectivity index (χ1) is 10.2. The number of nitrogens with zero attached hydrogens (tertiary/aromatic N) is 2. The van der Waals surface area contributed by atoms with Crippen molar-refractivity contribution in [3.05, 3.63) is 35.5 Å². The van der Waals surface area contributed by atoms with Crippen molar-refractivity contribution in [2.45, 2.75) is 34.1 Å². The van der Waals surface area contributed by atoms with Crippen LogP contribution in [0.3, 0.4) is 0 Å². The molecule has 1 N–H and O–H groups in total. The Kier molecular flexibility index (Phi) is 5.14. The van der Waals surface area contributed by atoms with Gasteiger partial charge in [-0.1, -0.05) is 19.1 Å². The second-order valence-corrected chi connectivity index (χ2v) is 4.96. The molecule has 1 aromatic carbocycles. The molecule has 0 fully saturated rings. The van der Waals surface area contributed by atoms with Crippen molar-refractivity contribution in [3.63, 3.8) is 0 Å². The van der Waals surface area contributed by atoms with Crippen LogP contribution in [0.1, 0.15) is 31.5 Å². The Balaban J connectivity index is 2.46. The summed E-state index contributed by atoms with van der Waals surface area (Å²) in [7, 11) is 0. The Bertz CT molecular complexity index is 611. The largest absolute Gasteiger partial charge is 0.493 e. The van der Waals surface area contributed by atoms with Gasteiger partial charge in [-0.15, -0.1) is 0 Å². The normalized spacial score (nSPS) is 10.5. The Morgan fingerprint density at radius 3 is 2.57 bits per heavy atom. The molecule has 1 aromatic heterocycles. The highest BCUT2D eigenvalue weighted by Crippen LogP contribution is 2.29. The summed E-state index contributed by atoms with van der Waals surface area (Å²) < 4.78 is 5.68. The second-order valence-electron chi connectivity index (χ2n) is 4.96. The lowest BCUT2D eigenvalue weighted by Gasteiger charge is -2.14. The minimum absolute atomic E-state index is 0.628. The molecule has 0 saturated heterocycles. The Morgan fingerprint density at radius 2 is 1.86 bits per heavy atom. The molecular formula is C17H23N3O. The molecule has 0 aliphatic carbocycles. The zero-order valence-electron chi connectivity index (χ0n) is 13.2. The van der Waals surface area contributed by atoms with Crippen LogP contribution in [-0.2, 0) is 0 Å². The van der Waals surface area contributed by atoms with Crippen LogP contribution in [-0.4, -0.2) is 23.1 Å². The van der Waals surface area contributed by atoms with Gasteiger partial charge in [0.05, 0.1) is 12.2 Å². The van der Waals surface area contributed by atoms with E-state index in [-0.39, 0.29) is 0 Å². The van der Waals surface area contributed by atoms with Gasteiger partial charge in [-0.25, -0.2) is 9.97 Å². The molecule has 1 heterocycles. The molecule has 21 heavy (non-hydrogen) atoms. The molecule has 0 unspecified atom stereocenters. The van der Waals surface area contributed by atoms with E-state index in [4.69, 9.17) is 4.74 Å². The van der Waals surface area contributed by atoms with Crippen molar-refractivity contribution >= 4 is 5.82 Å². The monoisotopic (exact) mass is 285 g/mol. The van der Waals surface area contributed by atoms with Gasteiger partial charge in [0.25, 0.3) is 0 Å². The molecule has 0 saturated carbocycles. The van der Waals surface area contributed by atoms with Crippen LogP contribution in [0, 0.1) is 13.8 Å². The summed E-state index contributed by atoms with van der Waals surface area (Å²) in [5.41, 5.74) is 3.02. The van der Waals surface area contributed by atoms with Crippen molar-refractivity contribution in [3.8, 4) is 17.1 Å². The lowest BCUT2D eigenvalue weighted by Crippen LogP contribution is -2.08. The summed E-state index contributed by atoms with van der Waals surface area (Å²) in [6.45, 7) is 9.72. The number of hydrogen-bond acceptors (Lipinski definition) is 4. The summed E-state index contributed by atoms with van der Waals surface area (Å²) in [5, 5.41) is 3.37. The number of ether oxygens (including phenoxy) is 1. The SMILES string of the molecule is CCCNc1nc(-c2ccccc2OCC)nc(C)c1C. The zero-order valence-corrected chi connectivity index (χ0v) is 13.2. The molecule has 112 valence electrons. The van der Waals surface area contributed by atoms with E-state index in [1.54, 1.807) is 0 Å². The molecule has 4 heteroatoms. The lowest BCUT2D eigenvalue weighted by atomic mass is 10.1. The Hall–Kier alpha value is -2.10. The van der Waals surface area contributed by atoms with Crippen LogP contribution in [0.5, 0.6) is 5.75 Å². The predicted molar refractivity (Wildman–Crippen MR) is 86.9 cm³/mol. The van der Waals surface area contributed by atoms with E-state index in [1.165, 1.54) is 0 Å². The highest BCUT2D eigenvalue weighted by atomic mass is 16.5. The van der Waals surface area contributed by atoms with Gasteiger partial charge in [0, 0.05) is 17.8 Å². The first kappa shape index (κ1) is 15.3. The van der Waals surface area contributed by atoms with Crippen LogP contribution in [0.15, 0.2) is 24.3 Å². The zero-order chi connectivity index (χ0) is 15.2. The summed E-state index contributed by atoms with van der Waals surface area (Å²) in [6.07, 6.45) is 1.06. The van der Waals surface area contributed by atoms with Crippen LogP contribution >= 0.6 is 0 Å². The molecule has 0 atom stereocenters. The summed E-state index contributed by atoms with van der Waals surface area (Å²) >= 11 is 0. The lowest BCUT2D eigenvalue weighted by molar-refractivity contribution is 0.341. The first-order valence-electron chi connectivity index (χ1n) is 7.48. The number of anilines is 1. The second kappa shape index (κ2) is 7.07. The minimum atomic E-state index is 0.628. The molecule has 0 radical (unpaired) electrons. The van der Waals surface area contributed by atoms with Crippen molar-refractivity contribution in [1.29, 1.82) is 0 Å². The van der Waals surface area contributed by atoms with E-state index >= 15 is 0 Å². The fourth-order valence-electron chi connectivity index (χ4n) is 2.10. The number of para-hydroxylation sites is 1. The van der Waals surface area contributed by atoms with Gasteiger partial charge in [0.2, 0.25) is 0 Å². The average Bonchev–Trinajstić information content (AvgIpc) is 2.49. The highest BCUT2D eigenvalue weighted by molar-refractivity contribution is 5.66. The summed E-state index contributed by atoms with van der Waals surface area (Å²) in [6, 6.07) is 7.90. The van der Waals surface area contributed by atoms with E-state index in [1.807, 2.05) is 45.0 Å². The number of aryl methyl sites for hydroxylation is 1. The van der Waals surface area contributed by atoms with Gasteiger partial charge >= 0.3 is 0 Å². The van der Waals surface area contributed by atoms with Gasteiger partial charge in [-0.3, -0.25) is 0 Å². The maximum absolute atomic E-state index is 5.68. The first-order valence-corrected chi connectivity index (χ1v) is 7.48. The predicted octanol–water partition coefficient (Wildman–Crippen LogP) is 3.98. The third-order valence-electron chi connectivity index (χ3n) is 3.36. The van der Waals surface area contributed by atoms with E-state index in [2.05, 4.69) is 22.2 Å². The molecule has 0 bridgehead atoms. The van der Waals surface area contributed by atoms with Crippen molar-refractivity contribution < 1.29 is 4.74 Å². The Labute approximate surface area is 126 Å². The van der Waals surface area contributed by atoms with E-state index in [9.17, 15) is 0 Å². The molecule has 2 rings (SSSR count). The summed E-state index contributed by atoms with van der Waals surface area (Å²) in [5.74, 6) is 2.44. The van der Waals surface area contributed by atoms with Crippen LogP contribution in [0.2, 0.25) is 0 Å². The van der Waals surface area contributed by atoms with Crippen LogP contribution in [0.25, 0.3) is 11.4 Å². The molecular weight excluding hydrogens is 262 g/mol. The highest BCUT2D eigenvalue weighted by Gasteiger charge is 2.12. The molecule has 2 aromatic rings. The fraction of sp³-hybridized carbons (Fsp3) is 0.412. The van der Waals surface area contributed by atoms with E-state index in [0.29, 0.717) is 12.4 Å². The van der Waals surface area contributed by atoms with E-state index in [0.717, 1.165) is 41.4 Å². The maximum Gasteiger partial charge on any atom is 0.165 e. The third-order valence-corrected chi connectivity index (χ3v) is 3.36. The van der Waals surface area contributed by atoms with Crippen LogP contribution in [0.4, 0.5) is 5.82 Å². The van der Waals surface area contributed by atoms with Crippen molar-refractivity contribution in [1.82, 2.24) is 9.97 Å². The van der Waals surface area contributed by atoms with Gasteiger partial charge in [0.15, 0.2) is 5.82 Å². The topological polar surface area (TPSA) is 47.0 Å². The quantitative estimate of drug-likeness (QED) is 0.872. The maximum atomic E-state index is 5.68. The van der Waals surface area contributed by atoms with Crippen LogP contribution < -0.4 is 10.1 Å². The summed E-state index contributed by atoms with van der Waals surface area (Å²) in [4.78, 5) is 9.31. The van der Waals surface area contributed by atoms with Gasteiger partial charge in [-0.2, -0.15) is 0 Å². The fourth-order valence-corrected chi connectivity index (χ4v) is 2.10. The molecule has 0 aliphatic heterocycles. The molecule has 0 amide bonds. The number of hydrogen-bond donors (Lipinski definition) is 1. The number of rotatable bonds is 6. The van der Waals surface area contributed by atoms with Gasteiger partial charge < -0.3 is 10.1 Å². The smallest absolute Gasteiger partial charge is 0.165 e. The molecule has 0 aliphatic rings.